The van der Waals surface area contributed by atoms with Crippen molar-refractivity contribution < 1.29 is 0 Å². The molecule has 0 heterocycles. The molecular formula is C38H26. The second kappa shape index (κ2) is 9.50. The van der Waals surface area contributed by atoms with E-state index in [4.69, 9.17) is 0 Å². The molecule has 0 N–H and O–H groups in total. The normalized spacial score (nSPS) is 11.2. The highest BCUT2D eigenvalue weighted by atomic mass is 14.2. The van der Waals surface area contributed by atoms with Crippen LogP contribution in [0.25, 0.3) is 65.3 Å². The molecule has 0 saturated heterocycles. The van der Waals surface area contributed by atoms with Crippen molar-refractivity contribution in [1.82, 2.24) is 0 Å². The van der Waals surface area contributed by atoms with Crippen LogP contribution in [0.4, 0.5) is 0 Å². The fraction of sp³-hybridized carbons (Fsp3) is 0. The van der Waals surface area contributed by atoms with Crippen molar-refractivity contribution in [2.45, 2.75) is 0 Å². The van der Waals surface area contributed by atoms with E-state index in [9.17, 15) is 0 Å². The molecule has 0 heteroatoms. The van der Waals surface area contributed by atoms with Crippen LogP contribution in [0.15, 0.2) is 158 Å². The minimum absolute atomic E-state index is 1.22. The average Bonchev–Trinajstić information content (AvgIpc) is 2.99. The summed E-state index contributed by atoms with van der Waals surface area (Å²) in [6.07, 6.45) is 0. The highest BCUT2D eigenvalue weighted by molar-refractivity contribution is 6.17. The van der Waals surface area contributed by atoms with E-state index in [1.807, 2.05) is 0 Å². The second-order valence-electron chi connectivity index (χ2n) is 9.69. The molecule has 0 aliphatic carbocycles. The lowest BCUT2D eigenvalue weighted by Gasteiger charge is -2.14. The van der Waals surface area contributed by atoms with Crippen molar-refractivity contribution in [2.75, 3.05) is 0 Å². The van der Waals surface area contributed by atoms with Gasteiger partial charge in [-0.25, -0.2) is 0 Å². The van der Waals surface area contributed by atoms with E-state index in [1.165, 1.54) is 65.3 Å². The van der Waals surface area contributed by atoms with Gasteiger partial charge in [0.1, 0.15) is 0 Å². The Morgan fingerprint density at radius 3 is 1.29 bits per heavy atom. The molecule has 0 aliphatic rings. The molecule has 0 bridgehead atoms. The lowest BCUT2D eigenvalue weighted by atomic mass is 9.89. The van der Waals surface area contributed by atoms with Crippen molar-refractivity contribution in [1.29, 1.82) is 0 Å². The molecule has 38 heavy (non-hydrogen) atoms. The van der Waals surface area contributed by atoms with Gasteiger partial charge in [0.15, 0.2) is 0 Å². The van der Waals surface area contributed by atoms with Gasteiger partial charge in [-0.3, -0.25) is 0 Å². The summed E-state index contributed by atoms with van der Waals surface area (Å²) >= 11 is 0. The minimum atomic E-state index is 1.22. The van der Waals surface area contributed by atoms with Crippen LogP contribution in [-0.2, 0) is 0 Å². The van der Waals surface area contributed by atoms with Gasteiger partial charge in [-0.2, -0.15) is 0 Å². The average molecular weight is 483 g/mol. The maximum atomic E-state index is 2.36. The first-order chi connectivity index (χ1) is 18.9. The van der Waals surface area contributed by atoms with Crippen LogP contribution in [0.3, 0.4) is 0 Å². The van der Waals surface area contributed by atoms with Crippen LogP contribution >= 0.6 is 0 Å². The Morgan fingerprint density at radius 2 is 0.605 bits per heavy atom. The summed E-state index contributed by atoms with van der Waals surface area (Å²) in [5.41, 5.74) is 4.94. The Hall–Kier alpha value is -4.94. The Bertz CT molecular complexity index is 2020. The molecule has 0 amide bonds. The lowest BCUT2D eigenvalue weighted by Crippen LogP contribution is -1.87. The summed E-state index contributed by atoms with van der Waals surface area (Å²) in [6.45, 7) is 0. The first-order valence-electron chi connectivity index (χ1n) is 13.1. The first kappa shape index (κ1) is 22.3. The van der Waals surface area contributed by atoms with Gasteiger partial charge in [0.2, 0.25) is 0 Å². The number of rotatable bonds is 2. The fourth-order valence-corrected chi connectivity index (χ4v) is 5.77. The van der Waals surface area contributed by atoms with E-state index in [0.29, 0.717) is 0 Å². The van der Waals surface area contributed by atoms with Crippen molar-refractivity contribution in [3.63, 3.8) is 0 Å². The molecule has 0 nitrogen and oxygen atoms in total. The zero-order valence-corrected chi connectivity index (χ0v) is 21.0. The molecule has 0 spiro atoms. The molecule has 7 aromatic carbocycles. The van der Waals surface area contributed by atoms with Gasteiger partial charge in [0.05, 0.1) is 0 Å². The van der Waals surface area contributed by atoms with Crippen LogP contribution in [0.1, 0.15) is 0 Å². The molecule has 7 aromatic rings. The van der Waals surface area contributed by atoms with Crippen LogP contribution in [-0.4, -0.2) is 0 Å². The van der Waals surface area contributed by atoms with Crippen LogP contribution < -0.4 is 0 Å². The Labute approximate surface area is 222 Å². The zero-order chi connectivity index (χ0) is 25.3. The van der Waals surface area contributed by atoms with Crippen LogP contribution in [0, 0.1) is 0 Å². The standard InChI is InChI=1S/C38H26/c1-2-4-20-37(38-26-28-15-6-8-18-30(28)31-21-9-12-24-36(31)38)35-23-11-10-22-34(35)33(19-3-1)32-25-13-16-27-14-5-7-17-29(27)32/h1-26H. The maximum Gasteiger partial charge on any atom is -0.00928 e. The number of hydrogen-bond donors (Lipinski definition) is 0. The van der Waals surface area contributed by atoms with E-state index in [0.717, 1.165) is 0 Å². The van der Waals surface area contributed by atoms with E-state index in [1.54, 1.807) is 0 Å². The fourth-order valence-electron chi connectivity index (χ4n) is 5.77. The first-order valence-corrected chi connectivity index (χ1v) is 13.1. The Kier molecular flexibility index (Phi) is 5.57. The molecule has 0 aliphatic heterocycles. The lowest BCUT2D eigenvalue weighted by molar-refractivity contribution is 1.68. The summed E-state index contributed by atoms with van der Waals surface area (Å²) in [4.78, 5) is 0. The summed E-state index contributed by atoms with van der Waals surface area (Å²) < 4.78 is 0. The van der Waals surface area contributed by atoms with Crippen LogP contribution in [0.5, 0.6) is 0 Å². The molecule has 0 saturated carbocycles. The third-order valence-electron chi connectivity index (χ3n) is 7.50. The van der Waals surface area contributed by atoms with Crippen LogP contribution in [0.2, 0.25) is 0 Å². The Balaban J connectivity index is 1.65. The summed E-state index contributed by atoms with van der Waals surface area (Å²) in [5.74, 6) is 0. The molecule has 7 rings (SSSR count). The predicted octanol–water partition coefficient (Wildman–Crippen LogP) is 10.8. The molecule has 0 aromatic heterocycles. The van der Waals surface area contributed by atoms with E-state index in [2.05, 4.69) is 158 Å². The van der Waals surface area contributed by atoms with E-state index in [-0.39, 0.29) is 0 Å². The predicted molar refractivity (Wildman–Crippen MR) is 165 cm³/mol. The second-order valence-corrected chi connectivity index (χ2v) is 9.69. The maximum absolute atomic E-state index is 2.36. The van der Waals surface area contributed by atoms with Gasteiger partial charge in [-0.05, 0) is 71.4 Å². The molecule has 0 atom stereocenters. The van der Waals surface area contributed by atoms with E-state index >= 15 is 0 Å². The van der Waals surface area contributed by atoms with Crippen molar-refractivity contribution in [3.8, 4) is 22.3 Å². The number of fused-ring (bicyclic) bond motifs is 5. The molecule has 178 valence electrons. The molecule has 0 radical (unpaired) electrons. The minimum Gasteiger partial charge on any atom is -0.0622 e. The molecule has 0 fully saturated rings. The Morgan fingerprint density at radius 1 is 0.211 bits per heavy atom. The number of hydrogen-bond acceptors (Lipinski definition) is 0. The largest absolute Gasteiger partial charge is 0.0622 e. The zero-order valence-electron chi connectivity index (χ0n) is 21.0. The highest BCUT2D eigenvalue weighted by Crippen LogP contribution is 2.39. The topological polar surface area (TPSA) is 0 Å². The van der Waals surface area contributed by atoms with Crippen molar-refractivity contribution in [3.05, 3.63) is 158 Å². The molecule has 0 unspecified atom stereocenters. The van der Waals surface area contributed by atoms with Crippen molar-refractivity contribution in [2.24, 2.45) is 0 Å². The van der Waals surface area contributed by atoms with Gasteiger partial charge >= 0.3 is 0 Å². The molecular weight excluding hydrogens is 456 g/mol. The quantitative estimate of drug-likeness (QED) is 0.215. The van der Waals surface area contributed by atoms with Gasteiger partial charge in [0, 0.05) is 0 Å². The SMILES string of the molecule is c1cccc(-c2cc3ccccc3c3ccccc23)c2ccccc2c(-c2cccc3ccccc23)cc1. The third kappa shape index (κ3) is 3.79. The third-order valence-corrected chi connectivity index (χ3v) is 7.50. The van der Waals surface area contributed by atoms with E-state index < -0.39 is 0 Å². The number of benzene rings is 6. The van der Waals surface area contributed by atoms with Crippen molar-refractivity contribution >= 4 is 43.1 Å². The monoisotopic (exact) mass is 482 g/mol. The van der Waals surface area contributed by atoms with Gasteiger partial charge in [-0.15, -0.1) is 0 Å². The van der Waals surface area contributed by atoms with Gasteiger partial charge < -0.3 is 0 Å². The van der Waals surface area contributed by atoms with Gasteiger partial charge in [0.25, 0.3) is 0 Å². The van der Waals surface area contributed by atoms with Gasteiger partial charge in [-0.1, -0.05) is 152 Å². The summed E-state index contributed by atoms with van der Waals surface area (Å²) in [7, 11) is 0. The highest BCUT2D eigenvalue weighted by Gasteiger charge is 2.12. The summed E-state index contributed by atoms with van der Waals surface area (Å²) in [6, 6.07) is 57.0. The summed E-state index contributed by atoms with van der Waals surface area (Å²) in [5, 5.41) is 10.1. The smallest absolute Gasteiger partial charge is 0.00928 e.